The molecule has 3 N–H and O–H groups in total. The number of primary amides is 1. The fourth-order valence-corrected chi connectivity index (χ4v) is 2.92. The predicted molar refractivity (Wildman–Crippen MR) is 94.6 cm³/mol. The maximum Gasteiger partial charge on any atom is 0.251 e. The molecule has 0 aliphatic carbocycles. The summed E-state index contributed by atoms with van der Waals surface area (Å²) in [6, 6.07) is 15.9. The average Bonchev–Trinajstić information content (AvgIpc) is 2.61. The summed E-state index contributed by atoms with van der Waals surface area (Å²) in [5.41, 5.74) is 7.70. The summed E-state index contributed by atoms with van der Waals surface area (Å²) in [6.07, 6.45) is 0. The molecule has 0 bridgehead atoms. The van der Waals surface area contributed by atoms with Crippen LogP contribution < -0.4 is 11.1 Å². The van der Waals surface area contributed by atoms with E-state index in [0.717, 1.165) is 17.1 Å². The Labute approximate surface area is 144 Å². The largest absolute Gasteiger partial charge is 0.366 e. The molecule has 0 atom stereocenters. The Hall–Kier alpha value is -2.78. The highest BCUT2D eigenvalue weighted by molar-refractivity contribution is 7.98. The molecule has 0 spiro atoms. The Balaban J connectivity index is 1.75. The summed E-state index contributed by atoms with van der Waals surface area (Å²) < 4.78 is 0. The van der Waals surface area contributed by atoms with Gasteiger partial charge in [-0.25, -0.2) is 0 Å². The van der Waals surface area contributed by atoms with Crippen LogP contribution in [0.1, 0.15) is 31.8 Å². The fraction of sp³-hybridized carbons (Fsp3) is 0.167. The summed E-state index contributed by atoms with van der Waals surface area (Å²) in [5, 5.41) is 11.9. The molecule has 2 rings (SSSR count). The monoisotopic (exact) mass is 339 g/mol. The highest BCUT2D eigenvalue weighted by Crippen LogP contribution is 2.15. The van der Waals surface area contributed by atoms with E-state index < -0.39 is 5.91 Å². The van der Waals surface area contributed by atoms with Crippen LogP contribution in [0.2, 0.25) is 0 Å². The molecule has 2 aromatic rings. The van der Waals surface area contributed by atoms with Gasteiger partial charge in [-0.05, 0) is 35.9 Å². The van der Waals surface area contributed by atoms with E-state index in [4.69, 9.17) is 11.0 Å². The quantitative estimate of drug-likeness (QED) is 0.757. The van der Waals surface area contributed by atoms with E-state index in [0.29, 0.717) is 23.2 Å². The van der Waals surface area contributed by atoms with E-state index in [1.165, 1.54) is 12.1 Å². The van der Waals surface area contributed by atoms with Crippen molar-refractivity contribution < 1.29 is 9.59 Å². The van der Waals surface area contributed by atoms with Crippen molar-refractivity contribution in [2.24, 2.45) is 5.73 Å². The van der Waals surface area contributed by atoms with Crippen LogP contribution in [0, 0.1) is 11.3 Å². The van der Waals surface area contributed by atoms with Gasteiger partial charge in [0.05, 0.1) is 11.6 Å². The van der Waals surface area contributed by atoms with Crippen molar-refractivity contribution in [1.82, 2.24) is 5.32 Å². The number of nitriles is 1. The van der Waals surface area contributed by atoms with Gasteiger partial charge in [0.15, 0.2) is 0 Å². The number of nitrogens with zero attached hydrogens (tertiary/aromatic N) is 1. The minimum Gasteiger partial charge on any atom is -0.366 e. The first-order valence-corrected chi connectivity index (χ1v) is 8.51. The SMILES string of the molecule is N#Cc1ccccc1CSCCNC(=O)c1ccc(C(N)=O)cc1. The molecule has 0 fully saturated rings. The smallest absolute Gasteiger partial charge is 0.251 e. The molecule has 24 heavy (non-hydrogen) atoms. The second kappa shape index (κ2) is 8.75. The normalized spacial score (nSPS) is 9.96. The molecule has 0 aliphatic rings. The number of benzene rings is 2. The number of nitrogens with two attached hydrogens (primary N) is 1. The van der Waals surface area contributed by atoms with Crippen molar-refractivity contribution in [1.29, 1.82) is 5.26 Å². The molecule has 122 valence electrons. The molecule has 0 aromatic heterocycles. The lowest BCUT2D eigenvalue weighted by Crippen LogP contribution is -2.25. The van der Waals surface area contributed by atoms with Gasteiger partial charge < -0.3 is 11.1 Å². The molecule has 0 heterocycles. The number of carbonyl (C=O) groups excluding carboxylic acids is 2. The van der Waals surface area contributed by atoms with Crippen molar-refractivity contribution in [2.45, 2.75) is 5.75 Å². The minimum atomic E-state index is -0.518. The Morgan fingerprint density at radius 3 is 2.42 bits per heavy atom. The number of carbonyl (C=O) groups is 2. The van der Waals surface area contributed by atoms with Crippen molar-refractivity contribution in [2.75, 3.05) is 12.3 Å². The zero-order valence-electron chi connectivity index (χ0n) is 13.0. The van der Waals surface area contributed by atoms with Gasteiger partial charge in [0.2, 0.25) is 5.91 Å². The van der Waals surface area contributed by atoms with E-state index >= 15 is 0 Å². The van der Waals surface area contributed by atoms with E-state index in [1.54, 1.807) is 30.0 Å². The molecule has 0 unspecified atom stereocenters. The van der Waals surface area contributed by atoms with E-state index in [-0.39, 0.29) is 5.91 Å². The average molecular weight is 339 g/mol. The first kappa shape index (κ1) is 17.6. The lowest BCUT2D eigenvalue weighted by atomic mass is 10.1. The number of rotatable bonds is 7. The maximum absolute atomic E-state index is 12.0. The van der Waals surface area contributed by atoms with E-state index in [1.807, 2.05) is 18.2 Å². The Morgan fingerprint density at radius 2 is 1.75 bits per heavy atom. The Bertz CT molecular complexity index is 767. The van der Waals surface area contributed by atoms with Crippen LogP contribution in [0.3, 0.4) is 0 Å². The third-order valence-corrected chi connectivity index (χ3v) is 4.37. The van der Waals surface area contributed by atoms with Gasteiger partial charge in [-0.2, -0.15) is 17.0 Å². The fourth-order valence-electron chi connectivity index (χ4n) is 2.06. The molecule has 0 radical (unpaired) electrons. The second-order valence-corrected chi connectivity index (χ2v) is 6.12. The summed E-state index contributed by atoms with van der Waals surface area (Å²) in [6.45, 7) is 0.524. The summed E-state index contributed by atoms with van der Waals surface area (Å²) in [5.74, 6) is 0.762. The van der Waals surface area contributed by atoms with Crippen molar-refractivity contribution in [3.05, 3.63) is 70.8 Å². The number of nitrogens with one attached hydrogen (secondary N) is 1. The lowest BCUT2D eigenvalue weighted by Gasteiger charge is -2.06. The molecular formula is C18H17N3O2S. The summed E-state index contributed by atoms with van der Waals surface area (Å²) in [7, 11) is 0. The minimum absolute atomic E-state index is 0.191. The first-order valence-electron chi connectivity index (χ1n) is 7.35. The van der Waals surface area contributed by atoms with Gasteiger partial charge in [0.25, 0.3) is 5.91 Å². The van der Waals surface area contributed by atoms with Crippen LogP contribution in [-0.2, 0) is 5.75 Å². The topological polar surface area (TPSA) is 96.0 Å². The van der Waals surface area contributed by atoms with Gasteiger partial charge in [-0.15, -0.1) is 0 Å². The van der Waals surface area contributed by atoms with Gasteiger partial charge in [0.1, 0.15) is 0 Å². The van der Waals surface area contributed by atoms with Crippen molar-refractivity contribution in [3.8, 4) is 6.07 Å². The summed E-state index contributed by atoms with van der Waals surface area (Å²) in [4.78, 5) is 23.0. The molecule has 2 amide bonds. The zero-order chi connectivity index (χ0) is 17.4. The third kappa shape index (κ3) is 4.86. The Morgan fingerprint density at radius 1 is 1.08 bits per heavy atom. The standard InChI is InChI=1S/C18H17N3O2S/c19-11-15-3-1-2-4-16(15)12-24-10-9-21-18(23)14-7-5-13(6-8-14)17(20)22/h1-8H,9-10,12H2,(H2,20,22)(H,21,23). The number of hydrogen-bond donors (Lipinski definition) is 2. The highest BCUT2D eigenvalue weighted by Gasteiger charge is 2.06. The van der Waals surface area contributed by atoms with Crippen LogP contribution in [0.15, 0.2) is 48.5 Å². The van der Waals surface area contributed by atoms with E-state index in [2.05, 4.69) is 11.4 Å². The third-order valence-electron chi connectivity index (χ3n) is 3.36. The van der Waals surface area contributed by atoms with Crippen LogP contribution >= 0.6 is 11.8 Å². The second-order valence-electron chi connectivity index (χ2n) is 5.02. The zero-order valence-corrected chi connectivity index (χ0v) is 13.8. The van der Waals surface area contributed by atoms with E-state index in [9.17, 15) is 9.59 Å². The maximum atomic E-state index is 12.0. The molecule has 2 aromatic carbocycles. The first-order chi connectivity index (χ1) is 11.6. The molecule has 5 nitrogen and oxygen atoms in total. The van der Waals surface area contributed by atoms with Gasteiger partial charge >= 0.3 is 0 Å². The molecule has 0 aliphatic heterocycles. The predicted octanol–water partition coefficient (Wildman–Crippen LogP) is 2.32. The Kier molecular flexibility index (Phi) is 6.41. The van der Waals surface area contributed by atoms with Crippen LogP contribution in [0.4, 0.5) is 0 Å². The lowest BCUT2D eigenvalue weighted by molar-refractivity contribution is 0.0953. The molecule has 0 saturated carbocycles. The van der Waals surface area contributed by atoms with Crippen LogP contribution in [0.25, 0.3) is 0 Å². The van der Waals surface area contributed by atoms with Crippen LogP contribution in [-0.4, -0.2) is 24.1 Å². The van der Waals surface area contributed by atoms with Crippen LogP contribution in [0.5, 0.6) is 0 Å². The van der Waals surface area contributed by atoms with Gasteiger partial charge in [-0.3, -0.25) is 9.59 Å². The number of hydrogen-bond acceptors (Lipinski definition) is 4. The molecule has 6 heteroatoms. The van der Waals surface area contributed by atoms with Gasteiger partial charge in [-0.1, -0.05) is 18.2 Å². The number of amides is 2. The number of thioether (sulfide) groups is 1. The van der Waals surface area contributed by atoms with Crippen molar-refractivity contribution >= 4 is 23.6 Å². The van der Waals surface area contributed by atoms with Gasteiger partial charge in [0, 0.05) is 29.2 Å². The molecule has 0 saturated heterocycles. The van der Waals surface area contributed by atoms with Crippen molar-refractivity contribution in [3.63, 3.8) is 0 Å². The molecular weight excluding hydrogens is 322 g/mol. The highest BCUT2D eigenvalue weighted by atomic mass is 32.2. The summed E-state index contributed by atoms with van der Waals surface area (Å²) >= 11 is 1.65.